The molecule has 0 saturated carbocycles. The van der Waals surface area contributed by atoms with Gasteiger partial charge in [0.2, 0.25) is 0 Å². The average Bonchev–Trinajstić information content (AvgIpc) is 3.27. The highest BCUT2D eigenvalue weighted by Crippen LogP contribution is 2.59. The van der Waals surface area contributed by atoms with Gasteiger partial charge in [-0.1, -0.05) is 65.7 Å². The minimum absolute atomic E-state index is 0.552. The molecule has 2 aromatic heterocycles. The van der Waals surface area contributed by atoms with Crippen LogP contribution in [0.25, 0.3) is 33.1 Å². The fraction of sp³-hybridized carbons (Fsp3) is 0.424. The predicted octanol–water partition coefficient (Wildman–Crippen LogP) is 7.47. The first-order chi connectivity index (χ1) is 18.2. The summed E-state index contributed by atoms with van der Waals surface area (Å²) in [6, 6.07) is 17.8. The summed E-state index contributed by atoms with van der Waals surface area (Å²) >= 11 is 0. The summed E-state index contributed by atoms with van der Waals surface area (Å²) in [7, 11) is 1.08. The summed E-state index contributed by atoms with van der Waals surface area (Å²) in [5.74, 6) is 3.68. The molecule has 4 aromatic rings. The molecule has 1 saturated heterocycles. The van der Waals surface area contributed by atoms with Gasteiger partial charge in [-0.15, -0.1) is 0 Å². The number of H-pyrrole nitrogens is 1. The minimum Gasteiger partial charge on any atom is -0.369 e. The Kier molecular flexibility index (Phi) is 7.49. The Bertz CT molecular complexity index is 1460. The molecule has 1 fully saturated rings. The molecule has 5 heteroatoms. The van der Waals surface area contributed by atoms with Crippen LogP contribution < -0.4 is 4.90 Å². The van der Waals surface area contributed by atoms with Gasteiger partial charge < -0.3 is 14.8 Å². The van der Waals surface area contributed by atoms with Crippen LogP contribution in [-0.2, 0) is 0 Å². The first-order valence-electron chi connectivity index (χ1n) is 14.0. The molecular weight excluding hydrogens is 484 g/mol. The van der Waals surface area contributed by atoms with Crippen LogP contribution in [0.2, 0.25) is 0 Å². The maximum atomic E-state index is 4.67. The van der Waals surface area contributed by atoms with E-state index >= 15 is 0 Å². The largest absolute Gasteiger partial charge is 0.369 e. The molecule has 0 bridgehead atoms. The Balaban J connectivity index is 1.55. The van der Waals surface area contributed by atoms with Crippen molar-refractivity contribution in [2.75, 3.05) is 38.1 Å². The molecule has 38 heavy (non-hydrogen) atoms. The lowest BCUT2D eigenvalue weighted by atomic mass is 10.0. The number of anilines is 1. The number of nitrogens with one attached hydrogen (secondary N) is 1. The quantitative estimate of drug-likeness (QED) is 0.274. The monoisotopic (exact) mass is 526 g/mol. The second kappa shape index (κ2) is 10.7. The van der Waals surface area contributed by atoms with E-state index in [1.807, 2.05) is 6.20 Å². The summed E-state index contributed by atoms with van der Waals surface area (Å²) in [5.41, 5.74) is 6.85. The van der Waals surface area contributed by atoms with Gasteiger partial charge in [0.25, 0.3) is 0 Å². The molecular formula is C33H42N4S. The van der Waals surface area contributed by atoms with Gasteiger partial charge in [0.1, 0.15) is 5.65 Å². The summed E-state index contributed by atoms with van der Waals surface area (Å²) in [6.45, 7) is 18.5. The van der Waals surface area contributed by atoms with E-state index in [0.29, 0.717) is 15.7 Å². The molecule has 4 nitrogen and oxygen atoms in total. The van der Waals surface area contributed by atoms with Crippen molar-refractivity contribution in [3.8, 4) is 22.3 Å². The third-order valence-corrected chi connectivity index (χ3v) is 13.4. The molecule has 0 radical (unpaired) electrons. The zero-order chi connectivity index (χ0) is 27.0. The number of hydrogen-bond donors (Lipinski definition) is 1. The fourth-order valence-electron chi connectivity index (χ4n) is 6.16. The SMILES string of the molecule is CC(C)S(C#Cc1ccnc2[nH]c3ccc(-c4ccc(N5CCN(C)CC5)cc4)cc3c12)(C(C)C)C(C)C. The lowest BCUT2D eigenvalue weighted by Gasteiger charge is -2.46. The summed E-state index contributed by atoms with van der Waals surface area (Å²) in [6.07, 6.45) is 1.89. The number of benzene rings is 2. The standard InChI is InChI=1S/C33H42N4S/c1-23(2)38(24(3)4,25(5)6)21-15-27-14-16-34-33-32(27)30-22-28(10-13-31(30)35-33)26-8-11-29(12-9-26)37-19-17-36(7)18-20-37/h8-14,16,22-25H,17-20H2,1-7H3,(H,34,35). The average molecular weight is 527 g/mol. The van der Waals surface area contributed by atoms with Crippen molar-refractivity contribution < 1.29 is 0 Å². The molecule has 2 aromatic carbocycles. The third kappa shape index (κ3) is 4.81. The lowest BCUT2D eigenvalue weighted by molar-refractivity contribution is 0.313. The van der Waals surface area contributed by atoms with Gasteiger partial charge in [-0.25, -0.2) is 4.98 Å². The number of aromatic amines is 1. The van der Waals surface area contributed by atoms with Crippen LogP contribution in [0.5, 0.6) is 0 Å². The van der Waals surface area contributed by atoms with Crippen molar-refractivity contribution in [2.24, 2.45) is 0 Å². The number of pyridine rings is 1. The number of likely N-dealkylation sites (N-methyl/N-ethyl adjacent to an activating group) is 1. The van der Waals surface area contributed by atoms with Gasteiger partial charge in [0, 0.05) is 59.9 Å². The zero-order valence-corrected chi connectivity index (χ0v) is 24.8. The van der Waals surface area contributed by atoms with E-state index in [9.17, 15) is 0 Å². The Morgan fingerprint density at radius 3 is 2.08 bits per heavy atom. The normalized spacial score (nSPS) is 15.6. The highest BCUT2D eigenvalue weighted by Gasteiger charge is 2.33. The number of rotatable bonds is 5. The minimum atomic E-state index is -1.12. The smallest absolute Gasteiger partial charge is 0.139 e. The number of fused-ring (bicyclic) bond motifs is 3. The number of aromatic nitrogens is 2. The van der Waals surface area contributed by atoms with E-state index < -0.39 is 10.0 Å². The molecule has 5 rings (SSSR count). The predicted molar refractivity (Wildman–Crippen MR) is 169 cm³/mol. The van der Waals surface area contributed by atoms with E-state index in [4.69, 9.17) is 0 Å². The van der Waals surface area contributed by atoms with Crippen molar-refractivity contribution in [3.05, 3.63) is 60.3 Å². The first-order valence-corrected chi connectivity index (χ1v) is 15.8. The maximum absolute atomic E-state index is 4.67. The van der Waals surface area contributed by atoms with E-state index in [0.717, 1.165) is 48.3 Å². The van der Waals surface area contributed by atoms with Gasteiger partial charge in [-0.3, -0.25) is 0 Å². The van der Waals surface area contributed by atoms with Gasteiger partial charge in [-0.05, 0) is 69.5 Å². The highest BCUT2D eigenvalue weighted by molar-refractivity contribution is 8.38. The van der Waals surface area contributed by atoms with Crippen LogP contribution in [0.15, 0.2) is 54.7 Å². The second-order valence-corrected chi connectivity index (χ2v) is 16.0. The van der Waals surface area contributed by atoms with Crippen LogP contribution in [0.4, 0.5) is 5.69 Å². The number of nitrogens with zero attached hydrogens (tertiary/aromatic N) is 3. The second-order valence-electron chi connectivity index (χ2n) is 11.4. The number of piperazine rings is 1. The van der Waals surface area contributed by atoms with Crippen LogP contribution in [0.3, 0.4) is 0 Å². The van der Waals surface area contributed by atoms with Crippen LogP contribution in [-0.4, -0.2) is 63.8 Å². The van der Waals surface area contributed by atoms with Crippen molar-refractivity contribution in [1.82, 2.24) is 14.9 Å². The van der Waals surface area contributed by atoms with Crippen LogP contribution in [0.1, 0.15) is 47.1 Å². The molecule has 0 aliphatic carbocycles. The Morgan fingerprint density at radius 1 is 0.816 bits per heavy atom. The third-order valence-electron chi connectivity index (χ3n) is 8.26. The van der Waals surface area contributed by atoms with Crippen molar-refractivity contribution in [2.45, 2.75) is 57.3 Å². The fourth-order valence-corrected chi connectivity index (χ4v) is 10.4. The Labute approximate surface area is 230 Å². The van der Waals surface area contributed by atoms with E-state index in [1.54, 1.807) is 0 Å². The van der Waals surface area contributed by atoms with Gasteiger partial charge in [-0.2, -0.15) is 10.0 Å². The van der Waals surface area contributed by atoms with E-state index in [2.05, 4.69) is 128 Å². The molecule has 0 spiro atoms. The number of hydrogen-bond acceptors (Lipinski definition) is 3. The Morgan fingerprint density at radius 2 is 1.45 bits per heavy atom. The summed E-state index contributed by atoms with van der Waals surface area (Å²) in [4.78, 5) is 13.1. The highest BCUT2D eigenvalue weighted by atomic mass is 32.3. The lowest BCUT2D eigenvalue weighted by Crippen LogP contribution is -2.44. The van der Waals surface area contributed by atoms with E-state index in [-0.39, 0.29) is 0 Å². The molecule has 200 valence electrons. The van der Waals surface area contributed by atoms with Gasteiger partial charge >= 0.3 is 0 Å². The van der Waals surface area contributed by atoms with Crippen LogP contribution >= 0.6 is 10.0 Å². The Hall–Kier alpha value is -2.94. The van der Waals surface area contributed by atoms with E-state index in [1.165, 1.54) is 22.2 Å². The molecule has 1 N–H and O–H groups in total. The summed E-state index contributed by atoms with van der Waals surface area (Å²) in [5, 5.41) is 7.85. The molecule has 0 amide bonds. The zero-order valence-electron chi connectivity index (χ0n) is 24.0. The summed E-state index contributed by atoms with van der Waals surface area (Å²) < 4.78 is 0. The molecule has 3 heterocycles. The maximum Gasteiger partial charge on any atom is 0.139 e. The molecule has 1 aliphatic rings. The molecule has 1 aliphatic heterocycles. The van der Waals surface area contributed by atoms with Crippen molar-refractivity contribution in [3.63, 3.8) is 0 Å². The first kappa shape index (κ1) is 26.7. The topological polar surface area (TPSA) is 35.2 Å². The van der Waals surface area contributed by atoms with Gasteiger partial charge in [0.05, 0.1) is 0 Å². The molecule has 0 atom stereocenters. The van der Waals surface area contributed by atoms with Crippen molar-refractivity contribution >= 4 is 37.7 Å². The van der Waals surface area contributed by atoms with Gasteiger partial charge in [0.15, 0.2) is 0 Å². The van der Waals surface area contributed by atoms with Crippen molar-refractivity contribution in [1.29, 1.82) is 0 Å². The van der Waals surface area contributed by atoms with Crippen LogP contribution in [0, 0.1) is 11.2 Å². The molecule has 0 unspecified atom stereocenters.